The smallest absolute Gasteiger partial charge is 0.269 e. The van der Waals surface area contributed by atoms with Crippen molar-refractivity contribution in [2.45, 2.75) is 17.9 Å². The van der Waals surface area contributed by atoms with E-state index in [9.17, 15) is 14.9 Å². The summed E-state index contributed by atoms with van der Waals surface area (Å²) >= 11 is 1.39. The molecule has 0 saturated heterocycles. The molecule has 2 aromatic rings. The quantitative estimate of drug-likeness (QED) is 0.466. The maximum absolute atomic E-state index is 12.5. The Balaban J connectivity index is 1.59. The summed E-state index contributed by atoms with van der Waals surface area (Å²) in [6, 6.07) is 12.2. The molecule has 6 nitrogen and oxygen atoms in total. The Morgan fingerprint density at radius 3 is 2.68 bits per heavy atom. The van der Waals surface area contributed by atoms with Crippen molar-refractivity contribution in [1.29, 1.82) is 0 Å². The molecular formula is C18H18N2O4S. The normalized spacial score (nSPS) is 13.2. The molecule has 0 aliphatic carbocycles. The summed E-state index contributed by atoms with van der Waals surface area (Å²) in [6.07, 6.45) is 0.841. The number of nitro groups is 1. The number of amides is 1. The van der Waals surface area contributed by atoms with Gasteiger partial charge in [-0.25, -0.2) is 0 Å². The van der Waals surface area contributed by atoms with E-state index in [1.165, 1.54) is 29.5 Å². The number of ether oxygens (including phenoxy) is 1. The van der Waals surface area contributed by atoms with E-state index >= 15 is 0 Å². The van der Waals surface area contributed by atoms with Gasteiger partial charge < -0.3 is 9.64 Å². The lowest BCUT2D eigenvalue weighted by atomic mass is 9.99. The molecule has 1 aliphatic rings. The van der Waals surface area contributed by atoms with Crippen molar-refractivity contribution in [1.82, 2.24) is 4.90 Å². The predicted octanol–water partition coefficient (Wildman–Crippen LogP) is 3.28. The van der Waals surface area contributed by atoms with Crippen LogP contribution < -0.4 is 4.74 Å². The van der Waals surface area contributed by atoms with E-state index in [-0.39, 0.29) is 11.6 Å². The number of rotatable bonds is 5. The lowest BCUT2D eigenvalue weighted by molar-refractivity contribution is -0.384. The molecular weight excluding hydrogens is 340 g/mol. The monoisotopic (exact) mass is 358 g/mol. The third-order valence-corrected chi connectivity index (χ3v) is 5.19. The molecule has 0 unspecified atom stereocenters. The zero-order valence-corrected chi connectivity index (χ0v) is 14.6. The highest BCUT2D eigenvalue weighted by Gasteiger charge is 2.21. The van der Waals surface area contributed by atoms with Crippen LogP contribution in [0.5, 0.6) is 5.75 Å². The van der Waals surface area contributed by atoms with E-state index in [0.29, 0.717) is 18.8 Å². The number of carbonyl (C=O) groups is 1. The van der Waals surface area contributed by atoms with E-state index in [4.69, 9.17) is 4.74 Å². The Morgan fingerprint density at radius 1 is 1.24 bits per heavy atom. The van der Waals surface area contributed by atoms with Crippen LogP contribution in [0, 0.1) is 10.1 Å². The third kappa shape index (κ3) is 4.11. The third-order valence-electron chi connectivity index (χ3n) is 4.19. The molecule has 0 fully saturated rings. The lowest BCUT2D eigenvalue weighted by Gasteiger charge is -2.29. The fourth-order valence-corrected chi connectivity index (χ4v) is 3.57. The van der Waals surface area contributed by atoms with Gasteiger partial charge in [0.15, 0.2) is 0 Å². The first-order chi connectivity index (χ1) is 12.1. The average Bonchev–Trinajstić information content (AvgIpc) is 2.65. The maximum Gasteiger partial charge on any atom is 0.269 e. The fraction of sp³-hybridized carbons (Fsp3) is 0.278. The topological polar surface area (TPSA) is 72.7 Å². The molecule has 0 aromatic heterocycles. The van der Waals surface area contributed by atoms with Crippen molar-refractivity contribution in [2.75, 3.05) is 19.4 Å². The van der Waals surface area contributed by atoms with Gasteiger partial charge in [-0.05, 0) is 41.8 Å². The molecule has 3 rings (SSSR count). The summed E-state index contributed by atoms with van der Waals surface area (Å²) in [6.45, 7) is 1.30. The van der Waals surface area contributed by atoms with Gasteiger partial charge in [-0.3, -0.25) is 14.9 Å². The van der Waals surface area contributed by atoms with Crippen LogP contribution in [-0.4, -0.2) is 35.1 Å². The van der Waals surface area contributed by atoms with Crippen LogP contribution in [0.3, 0.4) is 0 Å². The molecule has 2 aromatic carbocycles. The Morgan fingerprint density at radius 2 is 2.00 bits per heavy atom. The molecule has 0 radical (unpaired) electrons. The van der Waals surface area contributed by atoms with Gasteiger partial charge in [0.05, 0.1) is 17.8 Å². The molecule has 1 amide bonds. The minimum Gasteiger partial charge on any atom is -0.497 e. The van der Waals surface area contributed by atoms with Crippen molar-refractivity contribution in [3.63, 3.8) is 0 Å². The first-order valence-electron chi connectivity index (χ1n) is 7.87. The van der Waals surface area contributed by atoms with Gasteiger partial charge in [-0.1, -0.05) is 6.07 Å². The summed E-state index contributed by atoms with van der Waals surface area (Å²) in [4.78, 5) is 25.4. The second kappa shape index (κ2) is 7.57. The highest BCUT2D eigenvalue weighted by atomic mass is 32.2. The summed E-state index contributed by atoms with van der Waals surface area (Å²) in [5.41, 5.74) is 2.43. The summed E-state index contributed by atoms with van der Waals surface area (Å²) < 4.78 is 5.25. The maximum atomic E-state index is 12.5. The molecule has 0 spiro atoms. The zero-order chi connectivity index (χ0) is 17.8. The summed E-state index contributed by atoms with van der Waals surface area (Å²) in [7, 11) is 1.63. The Bertz CT molecular complexity index is 792. The van der Waals surface area contributed by atoms with Gasteiger partial charge in [-0.2, -0.15) is 0 Å². The standard InChI is InChI=1S/C18H18N2O4S/c1-24-16-5-2-13-8-9-19(11-14(13)10-16)18(21)12-25-17-6-3-15(4-7-17)20(22)23/h2-7,10H,8-9,11-12H2,1H3. The summed E-state index contributed by atoms with van der Waals surface area (Å²) in [5.74, 6) is 1.18. The van der Waals surface area contributed by atoms with Crippen molar-refractivity contribution in [2.24, 2.45) is 0 Å². The Kier molecular flexibility index (Phi) is 5.23. The highest BCUT2D eigenvalue weighted by Crippen LogP contribution is 2.26. The van der Waals surface area contributed by atoms with E-state index in [1.54, 1.807) is 19.2 Å². The molecule has 0 bridgehead atoms. The van der Waals surface area contributed by atoms with Crippen LogP contribution in [0.15, 0.2) is 47.4 Å². The van der Waals surface area contributed by atoms with Crippen LogP contribution in [0.1, 0.15) is 11.1 Å². The lowest BCUT2D eigenvalue weighted by Crippen LogP contribution is -2.37. The first-order valence-corrected chi connectivity index (χ1v) is 8.86. The summed E-state index contributed by atoms with van der Waals surface area (Å²) in [5, 5.41) is 10.7. The number of hydrogen-bond donors (Lipinski definition) is 0. The van der Waals surface area contributed by atoms with Crippen molar-refractivity contribution < 1.29 is 14.5 Å². The second-order valence-electron chi connectivity index (χ2n) is 5.74. The van der Waals surface area contributed by atoms with Crippen molar-refractivity contribution >= 4 is 23.4 Å². The average molecular weight is 358 g/mol. The van der Waals surface area contributed by atoms with Gasteiger partial charge in [0.25, 0.3) is 5.69 Å². The molecule has 0 saturated carbocycles. The number of non-ortho nitro benzene ring substituents is 1. The predicted molar refractivity (Wildman–Crippen MR) is 95.9 cm³/mol. The largest absolute Gasteiger partial charge is 0.497 e. The second-order valence-corrected chi connectivity index (χ2v) is 6.79. The Labute approximate surface area is 149 Å². The number of fused-ring (bicyclic) bond motifs is 1. The van der Waals surface area contributed by atoms with E-state index < -0.39 is 4.92 Å². The molecule has 1 aliphatic heterocycles. The van der Waals surface area contributed by atoms with Crippen LogP contribution in [0.25, 0.3) is 0 Å². The minimum atomic E-state index is -0.431. The fourth-order valence-electron chi connectivity index (χ4n) is 2.77. The van der Waals surface area contributed by atoms with Gasteiger partial charge in [0.1, 0.15) is 5.75 Å². The van der Waals surface area contributed by atoms with Gasteiger partial charge in [0, 0.05) is 30.1 Å². The van der Waals surface area contributed by atoms with Crippen LogP contribution in [0.4, 0.5) is 5.69 Å². The van der Waals surface area contributed by atoms with E-state index in [2.05, 4.69) is 6.07 Å². The SMILES string of the molecule is COc1ccc2c(c1)CN(C(=O)CSc1ccc([N+](=O)[O-])cc1)CC2. The first kappa shape index (κ1) is 17.3. The number of benzene rings is 2. The van der Waals surface area contributed by atoms with Crippen LogP contribution in [0.2, 0.25) is 0 Å². The molecule has 7 heteroatoms. The van der Waals surface area contributed by atoms with E-state index in [0.717, 1.165) is 22.6 Å². The van der Waals surface area contributed by atoms with E-state index in [1.807, 2.05) is 17.0 Å². The van der Waals surface area contributed by atoms with Crippen LogP contribution >= 0.6 is 11.8 Å². The Hall–Kier alpha value is -2.54. The molecule has 130 valence electrons. The molecule has 0 atom stereocenters. The number of thioether (sulfide) groups is 1. The van der Waals surface area contributed by atoms with Gasteiger partial charge in [-0.15, -0.1) is 11.8 Å². The molecule has 0 N–H and O–H groups in total. The zero-order valence-electron chi connectivity index (χ0n) is 13.8. The molecule has 25 heavy (non-hydrogen) atoms. The van der Waals surface area contributed by atoms with Crippen LogP contribution in [-0.2, 0) is 17.8 Å². The number of carbonyl (C=O) groups excluding carboxylic acids is 1. The van der Waals surface area contributed by atoms with Crippen molar-refractivity contribution in [3.05, 3.63) is 63.7 Å². The number of hydrogen-bond acceptors (Lipinski definition) is 5. The van der Waals surface area contributed by atoms with Crippen molar-refractivity contribution in [3.8, 4) is 5.75 Å². The molecule has 1 heterocycles. The minimum absolute atomic E-state index is 0.0530. The number of nitrogens with zero attached hydrogens (tertiary/aromatic N) is 2. The number of methoxy groups -OCH3 is 1. The number of nitro benzene ring substituents is 1. The highest BCUT2D eigenvalue weighted by molar-refractivity contribution is 8.00. The van der Waals surface area contributed by atoms with Gasteiger partial charge >= 0.3 is 0 Å². The van der Waals surface area contributed by atoms with Gasteiger partial charge in [0.2, 0.25) is 5.91 Å².